The minimum atomic E-state index is 0.0622. The fourth-order valence-electron chi connectivity index (χ4n) is 5.16. The van der Waals surface area contributed by atoms with Crippen LogP contribution < -0.4 is 21.1 Å². The molecule has 2 aliphatic rings. The van der Waals surface area contributed by atoms with Crippen molar-refractivity contribution in [3.63, 3.8) is 0 Å². The number of nitrogens with zero attached hydrogens (tertiary/aromatic N) is 2. The zero-order valence-corrected chi connectivity index (χ0v) is 15.4. The minimum absolute atomic E-state index is 0.0622. The first-order chi connectivity index (χ1) is 14.3. The van der Waals surface area contributed by atoms with Crippen molar-refractivity contribution in [3.05, 3.63) is 90.3 Å². The Hall–Kier alpha value is -3.97. The van der Waals surface area contributed by atoms with Crippen molar-refractivity contribution in [2.45, 2.75) is 0 Å². The molecule has 0 radical (unpaired) electrons. The number of fused-ring (bicyclic) bond motifs is 7. The summed E-state index contributed by atoms with van der Waals surface area (Å²) in [5.74, 6) is 1.80. The lowest BCUT2D eigenvalue weighted by Crippen LogP contribution is -2.58. The smallest absolute Gasteiger partial charge is 0.254 e. The van der Waals surface area contributed by atoms with Gasteiger partial charge in [-0.05, 0) is 46.6 Å². The molecule has 1 aromatic heterocycles. The fraction of sp³-hybridized carbons (Fsp3) is 0. The summed E-state index contributed by atoms with van der Waals surface area (Å²) in [6.07, 6.45) is 0. The molecule has 0 saturated carbocycles. The third-order valence-electron chi connectivity index (χ3n) is 6.25. The predicted octanol–water partition coefficient (Wildman–Crippen LogP) is 4.27. The van der Waals surface area contributed by atoms with Gasteiger partial charge in [0, 0.05) is 16.6 Å². The summed E-state index contributed by atoms with van der Waals surface area (Å²) in [6.45, 7) is 7.75. The lowest BCUT2D eigenvalue weighted by atomic mass is 9.34. The molecule has 7 rings (SSSR count). The van der Waals surface area contributed by atoms with Crippen molar-refractivity contribution in [2.24, 2.45) is 0 Å². The van der Waals surface area contributed by atoms with Crippen LogP contribution in [-0.2, 0) is 0 Å². The van der Waals surface area contributed by atoms with Gasteiger partial charge in [-0.2, -0.15) is 0 Å². The molecule has 3 heterocycles. The average molecular weight is 368 g/mol. The van der Waals surface area contributed by atoms with E-state index in [-0.39, 0.29) is 6.71 Å². The second-order valence-electron chi connectivity index (χ2n) is 7.66. The molecule has 4 heteroatoms. The minimum Gasteiger partial charge on any atom is -0.458 e. The molecule has 0 unspecified atom stereocenters. The third kappa shape index (κ3) is 1.73. The maximum atomic E-state index is 7.69. The molecular weight excluding hydrogens is 355 g/mol. The summed E-state index contributed by atoms with van der Waals surface area (Å²) >= 11 is 0. The van der Waals surface area contributed by atoms with Crippen LogP contribution in [0.15, 0.2) is 78.9 Å². The van der Waals surface area contributed by atoms with Crippen molar-refractivity contribution in [2.75, 3.05) is 0 Å². The Morgan fingerprint density at radius 3 is 2.55 bits per heavy atom. The Labute approximate surface area is 167 Å². The maximum Gasteiger partial charge on any atom is 0.254 e. The molecule has 2 aliphatic heterocycles. The monoisotopic (exact) mass is 368 g/mol. The highest BCUT2D eigenvalue weighted by atomic mass is 16.5. The molecule has 0 aliphatic carbocycles. The molecule has 0 N–H and O–H groups in total. The summed E-state index contributed by atoms with van der Waals surface area (Å²) in [5.41, 5.74) is 7.73. The Kier molecular flexibility index (Phi) is 2.64. The van der Waals surface area contributed by atoms with Gasteiger partial charge >= 0.3 is 0 Å². The van der Waals surface area contributed by atoms with E-state index in [1.54, 1.807) is 0 Å². The van der Waals surface area contributed by atoms with Crippen molar-refractivity contribution in [1.29, 1.82) is 0 Å². The molecule has 0 spiro atoms. The largest absolute Gasteiger partial charge is 0.458 e. The van der Waals surface area contributed by atoms with Crippen LogP contribution in [0.4, 0.5) is 5.69 Å². The van der Waals surface area contributed by atoms with Crippen molar-refractivity contribution in [1.82, 2.24) is 4.57 Å². The van der Waals surface area contributed by atoms with Gasteiger partial charge in [0.15, 0.2) is 5.69 Å². The molecular formula is C25H13BN2O. The van der Waals surface area contributed by atoms with Gasteiger partial charge in [0.25, 0.3) is 6.71 Å². The number of para-hydroxylation sites is 2. The van der Waals surface area contributed by atoms with Gasteiger partial charge in [-0.1, -0.05) is 54.0 Å². The molecule has 0 fully saturated rings. The normalized spacial score (nSPS) is 13.0. The number of aromatic nitrogens is 1. The Morgan fingerprint density at radius 2 is 1.62 bits per heavy atom. The summed E-state index contributed by atoms with van der Waals surface area (Å²) in [6, 6.07) is 27.1. The highest BCUT2D eigenvalue weighted by molar-refractivity contribution is 6.99. The van der Waals surface area contributed by atoms with Crippen LogP contribution in [0.1, 0.15) is 0 Å². The Bertz CT molecular complexity index is 1560. The number of hydrogen-bond donors (Lipinski definition) is 0. The van der Waals surface area contributed by atoms with Crippen LogP contribution in [0, 0.1) is 6.57 Å². The van der Waals surface area contributed by atoms with E-state index >= 15 is 0 Å². The Morgan fingerprint density at radius 1 is 0.793 bits per heavy atom. The average Bonchev–Trinajstić information content (AvgIpc) is 3.11. The molecule has 3 nitrogen and oxygen atoms in total. The number of rotatable bonds is 0. The SMILES string of the molecule is [C-]#[N+]c1cc2c3c(c1)c1ccccc1n3-c1cccc3c1B2c1ccccc1O3. The van der Waals surface area contributed by atoms with E-state index < -0.39 is 0 Å². The topological polar surface area (TPSA) is 18.5 Å². The molecule has 29 heavy (non-hydrogen) atoms. The van der Waals surface area contributed by atoms with Crippen molar-refractivity contribution < 1.29 is 4.74 Å². The van der Waals surface area contributed by atoms with Crippen LogP contribution in [-0.4, -0.2) is 11.3 Å². The molecule has 5 aromatic rings. The summed E-state index contributed by atoms with van der Waals surface area (Å²) in [4.78, 5) is 3.80. The first-order valence-corrected chi connectivity index (χ1v) is 9.70. The number of ether oxygens (including phenoxy) is 1. The van der Waals surface area contributed by atoms with E-state index in [0.29, 0.717) is 5.69 Å². The molecule has 0 saturated heterocycles. The number of hydrogen-bond acceptors (Lipinski definition) is 1. The lowest BCUT2D eigenvalue weighted by Gasteiger charge is -2.33. The molecule has 0 amide bonds. The van der Waals surface area contributed by atoms with E-state index in [9.17, 15) is 0 Å². The summed E-state index contributed by atoms with van der Waals surface area (Å²) < 4.78 is 8.65. The highest BCUT2D eigenvalue weighted by Gasteiger charge is 2.40. The van der Waals surface area contributed by atoms with Crippen LogP contribution >= 0.6 is 0 Å². The summed E-state index contributed by atoms with van der Waals surface area (Å²) in [7, 11) is 0. The lowest BCUT2D eigenvalue weighted by molar-refractivity contribution is 0.487. The number of benzene rings is 4. The predicted molar refractivity (Wildman–Crippen MR) is 118 cm³/mol. The van der Waals surface area contributed by atoms with Gasteiger partial charge in [-0.15, -0.1) is 0 Å². The van der Waals surface area contributed by atoms with E-state index in [1.165, 1.54) is 21.8 Å². The second kappa shape index (κ2) is 5.09. The Balaban J connectivity index is 1.77. The van der Waals surface area contributed by atoms with Crippen LogP contribution in [0.5, 0.6) is 11.5 Å². The van der Waals surface area contributed by atoms with Gasteiger partial charge < -0.3 is 9.30 Å². The molecule has 0 bridgehead atoms. The van der Waals surface area contributed by atoms with E-state index in [1.807, 2.05) is 24.3 Å². The van der Waals surface area contributed by atoms with E-state index in [4.69, 9.17) is 11.3 Å². The fourth-order valence-corrected chi connectivity index (χ4v) is 5.16. The maximum absolute atomic E-state index is 7.69. The van der Waals surface area contributed by atoms with E-state index in [0.717, 1.165) is 33.6 Å². The van der Waals surface area contributed by atoms with Crippen molar-refractivity contribution >= 4 is 50.6 Å². The van der Waals surface area contributed by atoms with Gasteiger partial charge in [0.1, 0.15) is 11.5 Å². The summed E-state index contributed by atoms with van der Waals surface area (Å²) in [5, 5.41) is 2.32. The quantitative estimate of drug-likeness (QED) is 0.289. The van der Waals surface area contributed by atoms with Gasteiger partial charge in [-0.25, -0.2) is 4.85 Å². The molecule has 0 atom stereocenters. The van der Waals surface area contributed by atoms with Crippen LogP contribution in [0.25, 0.3) is 32.3 Å². The first-order valence-electron chi connectivity index (χ1n) is 9.70. The first kappa shape index (κ1) is 15.0. The molecule has 4 aromatic carbocycles. The van der Waals surface area contributed by atoms with Gasteiger partial charge in [0.05, 0.1) is 12.1 Å². The van der Waals surface area contributed by atoms with Crippen molar-refractivity contribution in [3.8, 4) is 17.2 Å². The molecule has 132 valence electrons. The zero-order valence-electron chi connectivity index (χ0n) is 15.4. The standard InChI is InChI=1S/C25H13BN2O/c1-27-15-13-17-16-7-2-4-9-20(16)28-21-10-6-12-23-24(21)26(19(14-15)25(17)28)18-8-3-5-11-22(18)29-23/h2-14H. The van der Waals surface area contributed by atoms with Gasteiger partial charge in [-0.3, -0.25) is 0 Å². The van der Waals surface area contributed by atoms with E-state index in [2.05, 4.69) is 64.0 Å². The van der Waals surface area contributed by atoms with Gasteiger partial charge in [0.2, 0.25) is 0 Å². The van der Waals surface area contributed by atoms with Crippen LogP contribution in [0.3, 0.4) is 0 Å². The van der Waals surface area contributed by atoms with Crippen LogP contribution in [0.2, 0.25) is 0 Å². The third-order valence-corrected chi connectivity index (χ3v) is 6.25. The zero-order chi connectivity index (χ0) is 19.1. The second-order valence-corrected chi connectivity index (χ2v) is 7.66. The highest BCUT2D eigenvalue weighted by Crippen LogP contribution is 2.38.